The number of hydrogen-bond donors (Lipinski definition) is 2. The fourth-order valence-electron chi connectivity index (χ4n) is 2.03. The Labute approximate surface area is 123 Å². The number of aromatic nitrogens is 2. The van der Waals surface area contributed by atoms with Crippen LogP contribution in [0, 0.1) is 0 Å². The summed E-state index contributed by atoms with van der Waals surface area (Å²) in [6, 6.07) is 9.16. The van der Waals surface area contributed by atoms with Gasteiger partial charge in [-0.15, -0.1) is 0 Å². The van der Waals surface area contributed by atoms with E-state index in [1.165, 1.54) is 6.33 Å². The van der Waals surface area contributed by atoms with Gasteiger partial charge in [0.1, 0.15) is 0 Å². The lowest BCUT2D eigenvalue weighted by molar-refractivity contribution is -0.137. The summed E-state index contributed by atoms with van der Waals surface area (Å²) >= 11 is 0. The van der Waals surface area contributed by atoms with Gasteiger partial charge in [0.15, 0.2) is 0 Å². The summed E-state index contributed by atoms with van der Waals surface area (Å²) < 4.78 is 37.4. The quantitative estimate of drug-likeness (QED) is 0.756. The van der Waals surface area contributed by atoms with E-state index in [1.54, 1.807) is 18.2 Å². The van der Waals surface area contributed by atoms with Crippen LogP contribution in [0.2, 0.25) is 0 Å². The number of imidazole rings is 1. The van der Waals surface area contributed by atoms with Crippen LogP contribution in [-0.4, -0.2) is 15.9 Å². The van der Waals surface area contributed by atoms with Crippen LogP contribution in [0.1, 0.15) is 15.9 Å². The van der Waals surface area contributed by atoms with Gasteiger partial charge in [-0.3, -0.25) is 4.79 Å². The van der Waals surface area contributed by atoms with E-state index >= 15 is 0 Å². The van der Waals surface area contributed by atoms with E-state index in [1.807, 2.05) is 0 Å². The number of nitrogens with one attached hydrogen (secondary N) is 2. The Morgan fingerprint density at radius 2 is 1.82 bits per heavy atom. The molecule has 7 heteroatoms. The second kappa shape index (κ2) is 5.18. The average molecular weight is 305 g/mol. The molecular weight excluding hydrogens is 295 g/mol. The third kappa shape index (κ3) is 2.78. The Morgan fingerprint density at radius 3 is 2.50 bits per heavy atom. The predicted octanol–water partition coefficient (Wildman–Crippen LogP) is 3.83. The zero-order chi connectivity index (χ0) is 15.7. The van der Waals surface area contributed by atoms with Gasteiger partial charge in [0.05, 0.1) is 22.9 Å². The minimum atomic E-state index is -4.42. The van der Waals surface area contributed by atoms with Crippen LogP contribution in [0.5, 0.6) is 0 Å². The van der Waals surface area contributed by atoms with Gasteiger partial charge in [0, 0.05) is 11.3 Å². The summed E-state index contributed by atoms with van der Waals surface area (Å²) in [7, 11) is 0. The smallest absolute Gasteiger partial charge is 0.345 e. The highest BCUT2D eigenvalue weighted by atomic mass is 19.4. The number of anilines is 1. The normalized spacial score (nSPS) is 11.6. The van der Waals surface area contributed by atoms with Crippen LogP contribution in [0.15, 0.2) is 48.8 Å². The molecule has 0 atom stereocenters. The van der Waals surface area contributed by atoms with Crippen molar-refractivity contribution in [2.24, 2.45) is 0 Å². The molecule has 3 aromatic rings. The van der Waals surface area contributed by atoms with Crippen LogP contribution in [0.4, 0.5) is 18.9 Å². The average Bonchev–Trinajstić information content (AvgIpc) is 2.94. The molecule has 0 saturated heterocycles. The Bertz CT molecular complexity index is 822. The number of halogens is 3. The van der Waals surface area contributed by atoms with Gasteiger partial charge >= 0.3 is 6.18 Å². The second-order valence-corrected chi connectivity index (χ2v) is 4.66. The monoisotopic (exact) mass is 305 g/mol. The highest BCUT2D eigenvalue weighted by Crippen LogP contribution is 2.29. The summed E-state index contributed by atoms with van der Waals surface area (Å²) in [4.78, 5) is 19.0. The van der Waals surface area contributed by atoms with E-state index in [4.69, 9.17) is 0 Å². The molecule has 1 amide bonds. The van der Waals surface area contributed by atoms with Crippen molar-refractivity contribution in [3.8, 4) is 0 Å². The number of hydrogen-bond acceptors (Lipinski definition) is 2. The Kier molecular flexibility index (Phi) is 3.32. The van der Waals surface area contributed by atoms with Gasteiger partial charge in [-0.25, -0.2) is 4.98 Å². The van der Waals surface area contributed by atoms with E-state index in [2.05, 4.69) is 15.3 Å². The number of rotatable bonds is 2. The predicted molar refractivity (Wildman–Crippen MR) is 75.5 cm³/mol. The highest BCUT2D eigenvalue weighted by Gasteiger charge is 2.30. The van der Waals surface area contributed by atoms with Crippen molar-refractivity contribution in [3.05, 3.63) is 59.9 Å². The van der Waals surface area contributed by atoms with E-state index in [0.717, 1.165) is 35.3 Å². The number of fused-ring (bicyclic) bond motifs is 1. The topological polar surface area (TPSA) is 57.8 Å². The van der Waals surface area contributed by atoms with Crippen molar-refractivity contribution in [2.75, 3.05) is 5.32 Å². The summed E-state index contributed by atoms with van der Waals surface area (Å²) in [5.74, 6) is -0.479. The second-order valence-electron chi connectivity index (χ2n) is 4.66. The van der Waals surface area contributed by atoms with Crippen molar-refractivity contribution in [1.82, 2.24) is 9.97 Å². The maximum atomic E-state index is 12.5. The zero-order valence-corrected chi connectivity index (χ0v) is 11.1. The third-order valence-corrected chi connectivity index (χ3v) is 3.15. The van der Waals surface area contributed by atoms with Gasteiger partial charge in [-0.1, -0.05) is 0 Å². The van der Waals surface area contributed by atoms with Crippen LogP contribution >= 0.6 is 0 Å². The van der Waals surface area contributed by atoms with Crippen molar-refractivity contribution >= 4 is 22.6 Å². The largest absolute Gasteiger partial charge is 0.416 e. The molecule has 112 valence electrons. The fraction of sp³-hybridized carbons (Fsp3) is 0.0667. The van der Waals surface area contributed by atoms with Gasteiger partial charge in [0.2, 0.25) is 0 Å². The number of benzene rings is 2. The molecule has 1 heterocycles. The van der Waals surface area contributed by atoms with Gasteiger partial charge in [0.25, 0.3) is 5.91 Å². The first-order valence-electron chi connectivity index (χ1n) is 6.35. The first-order valence-corrected chi connectivity index (χ1v) is 6.35. The Morgan fingerprint density at radius 1 is 1.09 bits per heavy atom. The molecule has 1 aromatic heterocycles. The van der Waals surface area contributed by atoms with Crippen LogP contribution in [-0.2, 0) is 6.18 Å². The number of carbonyl (C=O) groups excluding carboxylic acids is 1. The molecule has 0 saturated carbocycles. The van der Waals surface area contributed by atoms with Crippen molar-refractivity contribution < 1.29 is 18.0 Å². The zero-order valence-electron chi connectivity index (χ0n) is 11.1. The molecule has 0 aliphatic rings. The lowest BCUT2D eigenvalue weighted by atomic mass is 10.1. The maximum Gasteiger partial charge on any atom is 0.416 e. The van der Waals surface area contributed by atoms with Crippen molar-refractivity contribution in [2.45, 2.75) is 6.18 Å². The maximum absolute atomic E-state index is 12.5. The van der Waals surface area contributed by atoms with Gasteiger partial charge < -0.3 is 10.3 Å². The number of nitrogens with zero attached hydrogens (tertiary/aromatic N) is 1. The van der Waals surface area contributed by atoms with Gasteiger partial charge in [-0.05, 0) is 42.5 Å². The number of aromatic amines is 1. The first-order chi connectivity index (χ1) is 10.4. The SMILES string of the molecule is O=C(Nc1ccc2nc[nH]c2c1)c1ccc(C(F)(F)F)cc1. The Balaban J connectivity index is 1.78. The van der Waals surface area contributed by atoms with E-state index in [9.17, 15) is 18.0 Å². The van der Waals surface area contributed by atoms with E-state index in [-0.39, 0.29) is 5.56 Å². The van der Waals surface area contributed by atoms with Crippen LogP contribution < -0.4 is 5.32 Å². The minimum absolute atomic E-state index is 0.151. The molecule has 2 N–H and O–H groups in total. The first kappa shape index (κ1) is 14.1. The molecule has 0 bridgehead atoms. The lowest BCUT2D eigenvalue weighted by Crippen LogP contribution is -2.12. The number of amides is 1. The number of H-pyrrole nitrogens is 1. The summed E-state index contributed by atoms with van der Waals surface area (Å²) in [6.45, 7) is 0. The molecule has 3 rings (SSSR count). The standard InChI is InChI=1S/C15H10F3N3O/c16-15(17,18)10-3-1-9(2-4-10)14(22)21-11-5-6-12-13(7-11)20-8-19-12/h1-8H,(H,19,20)(H,21,22). The van der Waals surface area contributed by atoms with Crippen molar-refractivity contribution in [3.63, 3.8) is 0 Å². The molecule has 0 aliphatic heterocycles. The molecule has 0 fully saturated rings. The third-order valence-electron chi connectivity index (χ3n) is 3.15. The van der Waals surface area contributed by atoms with E-state index in [0.29, 0.717) is 5.69 Å². The summed E-state index contributed by atoms with van der Waals surface area (Å²) in [6.07, 6.45) is -2.88. The lowest BCUT2D eigenvalue weighted by Gasteiger charge is -2.08. The highest BCUT2D eigenvalue weighted by molar-refractivity contribution is 6.04. The molecule has 0 aliphatic carbocycles. The minimum Gasteiger partial charge on any atom is -0.345 e. The molecule has 22 heavy (non-hydrogen) atoms. The number of carbonyl (C=O) groups is 1. The molecule has 4 nitrogen and oxygen atoms in total. The van der Waals surface area contributed by atoms with Crippen molar-refractivity contribution in [1.29, 1.82) is 0 Å². The van der Waals surface area contributed by atoms with E-state index < -0.39 is 17.6 Å². The molecule has 0 radical (unpaired) electrons. The van der Waals surface area contributed by atoms with Gasteiger partial charge in [-0.2, -0.15) is 13.2 Å². The fourth-order valence-corrected chi connectivity index (χ4v) is 2.03. The summed E-state index contributed by atoms with van der Waals surface area (Å²) in [5.41, 5.74) is 1.40. The molecule has 0 unspecified atom stereocenters. The van der Waals surface area contributed by atoms with Crippen LogP contribution in [0.3, 0.4) is 0 Å². The molecular formula is C15H10F3N3O. The molecule has 0 spiro atoms. The Hall–Kier alpha value is -2.83. The van der Waals surface area contributed by atoms with Crippen LogP contribution in [0.25, 0.3) is 11.0 Å². The number of alkyl halides is 3. The molecule has 2 aromatic carbocycles. The summed E-state index contributed by atoms with van der Waals surface area (Å²) in [5, 5.41) is 2.63.